The first-order chi connectivity index (χ1) is 10.4. The van der Waals surface area contributed by atoms with Gasteiger partial charge in [-0.3, -0.25) is 4.79 Å². The molecule has 1 rings (SSSR count). The Balaban J connectivity index is 2.78. The first-order valence-electron chi connectivity index (χ1n) is 8.57. The molecule has 3 atom stereocenters. The van der Waals surface area contributed by atoms with E-state index in [-0.39, 0.29) is 18.0 Å². The van der Waals surface area contributed by atoms with E-state index in [1.807, 2.05) is 6.92 Å². The van der Waals surface area contributed by atoms with E-state index in [1.54, 1.807) is 0 Å². The monoisotopic (exact) mass is 304 g/mol. The Bertz CT molecular complexity index is 443. The third kappa shape index (κ3) is 7.63. The molecule has 0 saturated heterocycles. The summed E-state index contributed by atoms with van der Waals surface area (Å²) in [7, 11) is 0. The summed E-state index contributed by atoms with van der Waals surface area (Å²) < 4.78 is 5.53. The number of carbonyl (C=O) groups excluding carboxylic acids is 1. The van der Waals surface area contributed by atoms with Crippen molar-refractivity contribution in [1.82, 2.24) is 0 Å². The zero-order valence-electron chi connectivity index (χ0n) is 14.9. The van der Waals surface area contributed by atoms with Crippen molar-refractivity contribution in [1.29, 1.82) is 0 Å². The van der Waals surface area contributed by atoms with Crippen molar-refractivity contribution in [2.24, 2.45) is 11.8 Å². The van der Waals surface area contributed by atoms with Gasteiger partial charge in [0.2, 0.25) is 0 Å². The highest BCUT2D eigenvalue weighted by Crippen LogP contribution is 2.17. The summed E-state index contributed by atoms with van der Waals surface area (Å²) in [5, 5.41) is 0. The summed E-state index contributed by atoms with van der Waals surface area (Å²) in [5.41, 5.74) is 2.74. The fraction of sp³-hybridized carbons (Fsp3) is 0.650. The zero-order valence-corrected chi connectivity index (χ0v) is 14.9. The SMILES string of the molecule is C/C1=C\[C@H](C)C/C=C/[C@@H](C)[C@@H](C)OC(=O)CC/C(C)=C/CC1. The second kappa shape index (κ2) is 9.66. The third-order valence-electron chi connectivity index (χ3n) is 4.33. The standard InChI is InChI=1S/C20H32O2/c1-15-8-6-9-16(2)14-17(3)10-7-11-18(4)19(5)22-20(21)13-12-15/h7-8,11,14,17-19H,6,9-10,12-13H2,1-5H3/b11-7+,15-8+,16-14+/t17-,18-,19-/m1/s1. The van der Waals surface area contributed by atoms with Crippen LogP contribution in [0.4, 0.5) is 0 Å². The molecule has 2 heteroatoms. The summed E-state index contributed by atoms with van der Waals surface area (Å²) in [5.74, 6) is 0.724. The van der Waals surface area contributed by atoms with E-state index in [4.69, 9.17) is 4.74 Å². The quantitative estimate of drug-likeness (QED) is 0.430. The van der Waals surface area contributed by atoms with Crippen molar-refractivity contribution in [2.45, 2.75) is 72.8 Å². The van der Waals surface area contributed by atoms with Gasteiger partial charge in [0, 0.05) is 12.3 Å². The predicted octanol–water partition coefficient (Wildman–Crippen LogP) is 5.60. The van der Waals surface area contributed by atoms with Gasteiger partial charge >= 0.3 is 5.97 Å². The number of carbonyl (C=O) groups is 1. The fourth-order valence-corrected chi connectivity index (χ4v) is 2.62. The molecule has 1 aliphatic heterocycles. The van der Waals surface area contributed by atoms with Gasteiger partial charge in [-0.25, -0.2) is 0 Å². The lowest BCUT2D eigenvalue weighted by atomic mass is 9.99. The van der Waals surface area contributed by atoms with Gasteiger partial charge in [-0.1, -0.05) is 49.3 Å². The van der Waals surface area contributed by atoms with Gasteiger partial charge < -0.3 is 4.74 Å². The number of hydrogen-bond acceptors (Lipinski definition) is 2. The summed E-state index contributed by atoms with van der Waals surface area (Å²) in [6, 6.07) is 0. The molecule has 1 aliphatic rings. The Labute approximate surface area is 136 Å². The molecule has 0 unspecified atom stereocenters. The van der Waals surface area contributed by atoms with Crippen molar-refractivity contribution in [2.75, 3.05) is 0 Å². The summed E-state index contributed by atoms with van der Waals surface area (Å²) in [6.07, 6.45) is 13.5. The Hall–Kier alpha value is -1.31. The van der Waals surface area contributed by atoms with E-state index in [0.717, 1.165) is 25.7 Å². The van der Waals surface area contributed by atoms with E-state index in [9.17, 15) is 4.79 Å². The maximum atomic E-state index is 11.9. The van der Waals surface area contributed by atoms with Gasteiger partial charge in [0.05, 0.1) is 0 Å². The van der Waals surface area contributed by atoms with Crippen LogP contribution in [-0.4, -0.2) is 12.1 Å². The van der Waals surface area contributed by atoms with Gasteiger partial charge in [-0.05, 0) is 52.4 Å². The molecule has 0 spiro atoms. The number of allylic oxidation sites excluding steroid dienone is 5. The van der Waals surface area contributed by atoms with Gasteiger partial charge in [-0.2, -0.15) is 0 Å². The topological polar surface area (TPSA) is 26.3 Å². The van der Waals surface area contributed by atoms with Crippen molar-refractivity contribution >= 4 is 5.97 Å². The highest BCUT2D eigenvalue weighted by atomic mass is 16.5. The second-order valence-electron chi connectivity index (χ2n) is 6.80. The molecule has 124 valence electrons. The van der Waals surface area contributed by atoms with Crippen LogP contribution in [0.2, 0.25) is 0 Å². The number of cyclic esters (lactones) is 1. The smallest absolute Gasteiger partial charge is 0.306 e. The molecule has 0 aromatic carbocycles. The average molecular weight is 304 g/mol. The van der Waals surface area contributed by atoms with Crippen LogP contribution in [0.25, 0.3) is 0 Å². The Morgan fingerprint density at radius 1 is 1.05 bits per heavy atom. The van der Waals surface area contributed by atoms with Crippen molar-refractivity contribution in [3.8, 4) is 0 Å². The first-order valence-corrected chi connectivity index (χ1v) is 8.57. The van der Waals surface area contributed by atoms with Crippen LogP contribution in [0.3, 0.4) is 0 Å². The zero-order chi connectivity index (χ0) is 16.5. The maximum Gasteiger partial charge on any atom is 0.306 e. The molecule has 0 aromatic rings. The molecule has 0 N–H and O–H groups in total. The number of rotatable bonds is 0. The lowest BCUT2D eigenvalue weighted by Crippen LogP contribution is -2.20. The highest BCUT2D eigenvalue weighted by Gasteiger charge is 2.14. The lowest BCUT2D eigenvalue weighted by molar-refractivity contribution is -0.149. The van der Waals surface area contributed by atoms with Gasteiger partial charge in [0.15, 0.2) is 0 Å². The number of hydrogen-bond donors (Lipinski definition) is 0. The van der Waals surface area contributed by atoms with Crippen LogP contribution in [0, 0.1) is 11.8 Å². The van der Waals surface area contributed by atoms with Crippen molar-refractivity contribution in [3.05, 3.63) is 35.5 Å². The van der Waals surface area contributed by atoms with Crippen molar-refractivity contribution < 1.29 is 9.53 Å². The third-order valence-corrected chi connectivity index (χ3v) is 4.33. The van der Waals surface area contributed by atoms with Crippen LogP contribution >= 0.6 is 0 Å². The van der Waals surface area contributed by atoms with Crippen LogP contribution in [-0.2, 0) is 9.53 Å². The van der Waals surface area contributed by atoms with Crippen molar-refractivity contribution in [3.63, 3.8) is 0 Å². The minimum atomic E-state index is -0.0861. The minimum Gasteiger partial charge on any atom is -0.462 e. The molecular formula is C20H32O2. The molecule has 0 aliphatic carbocycles. The maximum absolute atomic E-state index is 11.9. The Kier molecular flexibility index (Phi) is 8.22. The molecule has 2 nitrogen and oxygen atoms in total. The summed E-state index contributed by atoms with van der Waals surface area (Å²) >= 11 is 0. The molecule has 0 saturated carbocycles. The molecule has 0 amide bonds. The predicted molar refractivity (Wildman–Crippen MR) is 93.6 cm³/mol. The highest BCUT2D eigenvalue weighted by molar-refractivity contribution is 5.69. The largest absolute Gasteiger partial charge is 0.462 e. The van der Waals surface area contributed by atoms with Gasteiger partial charge in [0.1, 0.15) is 6.10 Å². The fourth-order valence-electron chi connectivity index (χ4n) is 2.62. The number of esters is 1. The van der Waals surface area contributed by atoms with E-state index in [0.29, 0.717) is 12.3 Å². The molecule has 0 aromatic heterocycles. The first kappa shape index (κ1) is 18.7. The van der Waals surface area contributed by atoms with Crippen LogP contribution < -0.4 is 0 Å². The molecule has 1 heterocycles. The van der Waals surface area contributed by atoms with E-state index >= 15 is 0 Å². The Morgan fingerprint density at radius 3 is 2.50 bits per heavy atom. The minimum absolute atomic E-state index is 0.0616. The summed E-state index contributed by atoms with van der Waals surface area (Å²) in [6.45, 7) is 10.7. The Morgan fingerprint density at radius 2 is 1.77 bits per heavy atom. The normalized spacial score (nSPS) is 35.7. The van der Waals surface area contributed by atoms with Gasteiger partial charge in [0.25, 0.3) is 0 Å². The van der Waals surface area contributed by atoms with Crippen LogP contribution in [0.5, 0.6) is 0 Å². The van der Waals surface area contributed by atoms with Crippen LogP contribution in [0.15, 0.2) is 35.5 Å². The molecule has 22 heavy (non-hydrogen) atoms. The van der Waals surface area contributed by atoms with E-state index in [2.05, 4.69) is 52.0 Å². The molecule has 0 radical (unpaired) electrons. The lowest BCUT2D eigenvalue weighted by Gasteiger charge is -2.18. The molecule has 0 fully saturated rings. The molecule has 0 bridgehead atoms. The summed E-state index contributed by atoms with van der Waals surface area (Å²) in [4.78, 5) is 11.9. The average Bonchev–Trinajstić information content (AvgIpc) is 2.43. The molecular weight excluding hydrogens is 272 g/mol. The van der Waals surface area contributed by atoms with Crippen LogP contribution in [0.1, 0.15) is 66.7 Å². The van der Waals surface area contributed by atoms with E-state index in [1.165, 1.54) is 11.1 Å². The van der Waals surface area contributed by atoms with Gasteiger partial charge in [-0.15, -0.1) is 0 Å². The van der Waals surface area contributed by atoms with E-state index < -0.39 is 0 Å². The second-order valence-corrected chi connectivity index (χ2v) is 6.80. The number of ether oxygens (including phenoxy) is 1.